The van der Waals surface area contributed by atoms with Gasteiger partial charge in [-0.2, -0.15) is 15.0 Å². The summed E-state index contributed by atoms with van der Waals surface area (Å²) in [7, 11) is 0. The fraction of sp³-hybridized carbons (Fsp3) is 0.409. The highest BCUT2D eigenvalue weighted by Crippen LogP contribution is 2.40. The highest BCUT2D eigenvalue weighted by Gasteiger charge is 2.29. The fourth-order valence-corrected chi connectivity index (χ4v) is 3.62. The number of rotatable bonds is 7. The minimum absolute atomic E-state index is 0.255. The normalized spacial score (nSPS) is 17.0. The molecular formula is C22H24ClN7O3. The van der Waals surface area contributed by atoms with Crippen LogP contribution in [0.5, 0.6) is 0 Å². The Morgan fingerprint density at radius 3 is 2.64 bits per heavy atom. The summed E-state index contributed by atoms with van der Waals surface area (Å²) in [5.41, 5.74) is 1.04. The van der Waals surface area contributed by atoms with Crippen molar-refractivity contribution in [3.8, 4) is 0 Å². The molecule has 3 aromatic rings. The molecule has 5 rings (SSSR count). The predicted molar refractivity (Wildman–Crippen MR) is 122 cm³/mol. The quantitative estimate of drug-likeness (QED) is 0.536. The van der Waals surface area contributed by atoms with Gasteiger partial charge in [0.15, 0.2) is 11.5 Å². The van der Waals surface area contributed by atoms with Crippen molar-refractivity contribution >= 4 is 35.1 Å². The van der Waals surface area contributed by atoms with Gasteiger partial charge in [-0.25, -0.2) is 0 Å². The van der Waals surface area contributed by atoms with Gasteiger partial charge in [-0.05, 0) is 44.0 Å². The van der Waals surface area contributed by atoms with Gasteiger partial charge in [0, 0.05) is 35.8 Å². The molecule has 33 heavy (non-hydrogen) atoms. The van der Waals surface area contributed by atoms with Crippen molar-refractivity contribution in [3.05, 3.63) is 52.6 Å². The van der Waals surface area contributed by atoms with E-state index in [0.717, 1.165) is 24.3 Å². The number of hydrogen-bond acceptors (Lipinski definition) is 9. The van der Waals surface area contributed by atoms with E-state index in [0.29, 0.717) is 55.0 Å². The Morgan fingerprint density at radius 2 is 1.91 bits per heavy atom. The molecule has 2 N–H and O–H groups in total. The van der Waals surface area contributed by atoms with Crippen LogP contribution in [0.3, 0.4) is 0 Å². The molecule has 1 aliphatic carbocycles. The highest BCUT2D eigenvalue weighted by atomic mass is 35.5. The van der Waals surface area contributed by atoms with Gasteiger partial charge in [0.05, 0.1) is 19.3 Å². The molecule has 0 bridgehead atoms. The van der Waals surface area contributed by atoms with Crippen LogP contribution in [-0.2, 0) is 4.74 Å². The lowest BCUT2D eigenvalue weighted by Crippen LogP contribution is -2.38. The van der Waals surface area contributed by atoms with Gasteiger partial charge in [0.1, 0.15) is 5.76 Å². The van der Waals surface area contributed by atoms with Crippen molar-refractivity contribution in [1.82, 2.24) is 25.4 Å². The number of benzene rings is 1. The Kier molecular flexibility index (Phi) is 6.10. The van der Waals surface area contributed by atoms with Gasteiger partial charge < -0.3 is 24.8 Å². The first kappa shape index (κ1) is 21.6. The Bertz CT molecular complexity index is 1130. The Balaban J connectivity index is 1.37. The summed E-state index contributed by atoms with van der Waals surface area (Å²) in [4.78, 5) is 28.5. The summed E-state index contributed by atoms with van der Waals surface area (Å²) < 4.78 is 10.7. The molecule has 0 radical (unpaired) electrons. The molecule has 1 aliphatic heterocycles. The fourth-order valence-electron chi connectivity index (χ4n) is 3.49. The van der Waals surface area contributed by atoms with E-state index in [1.807, 2.05) is 24.0 Å². The van der Waals surface area contributed by atoms with Gasteiger partial charge in [0.2, 0.25) is 11.9 Å². The summed E-state index contributed by atoms with van der Waals surface area (Å²) in [5, 5.41) is 10.7. The van der Waals surface area contributed by atoms with Crippen molar-refractivity contribution in [2.75, 3.05) is 36.5 Å². The van der Waals surface area contributed by atoms with E-state index < -0.39 is 6.04 Å². The number of halogens is 1. The molecule has 0 spiro atoms. The largest absolute Gasteiger partial charge is 0.378 e. The van der Waals surface area contributed by atoms with Gasteiger partial charge in [-0.3, -0.25) is 4.79 Å². The number of anilines is 3. The molecule has 3 heterocycles. The number of hydrogen-bond donors (Lipinski definition) is 2. The van der Waals surface area contributed by atoms with Crippen molar-refractivity contribution in [2.45, 2.75) is 31.7 Å². The van der Waals surface area contributed by atoms with Crippen molar-refractivity contribution < 1.29 is 14.1 Å². The minimum Gasteiger partial charge on any atom is -0.378 e. The maximum atomic E-state index is 12.7. The zero-order chi connectivity index (χ0) is 22.8. The first-order chi connectivity index (χ1) is 16.0. The molecule has 2 aromatic heterocycles. The Morgan fingerprint density at radius 1 is 1.15 bits per heavy atom. The van der Waals surface area contributed by atoms with E-state index in [4.69, 9.17) is 20.9 Å². The van der Waals surface area contributed by atoms with Crippen molar-refractivity contribution in [1.29, 1.82) is 0 Å². The monoisotopic (exact) mass is 469 g/mol. The van der Waals surface area contributed by atoms with Crippen LogP contribution in [-0.4, -0.2) is 52.3 Å². The molecule has 1 saturated heterocycles. The summed E-state index contributed by atoms with van der Waals surface area (Å²) in [6.45, 7) is 4.37. The minimum atomic E-state index is -0.480. The molecule has 1 atom stereocenters. The lowest BCUT2D eigenvalue weighted by molar-refractivity contribution is 0.0929. The molecule has 1 aromatic carbocycles. The number of ether oxygens (including phenoxy) is 1. The molecular weight excluding hydrogens is 446 g/mol. The van der Waals surface area contributed by atoms with Gasteiger partial charge in [0.25, 0.3) is 5.91 Å². The molecule has 0 unspecified atom stereocenters. The molecule has 10 nitrogen and oxygen atoms in total. The number of nitrogens with zero attached hydrogens (tertiary/aromatic N) is 5. The van der Waals surface area contributed by atoms with E-state index in [9.17, 15) is 4.79 Å². The average molecular weight is 470 g/mol. The number of nitrogens with one attached hydrogen (secondary N) is 2. The van der Waals surface area contributed by atoms with Crippen LogP contribution in [0, 0.1) is 0 Å². The van der Waals surface area contributed by atoms with Crippen LogP contribution >= 0.6 is 11.6 Å². The number of aromatic nitrogens is 4. The molecule has 2 fully saturated rings. The van der Waals surface area contributed by atoms with Crippen molar-refractivity contribution in [3.63, 3.8) is 0 Å². The topological polar surface area (TPSA) is 118 Å². The summed E-state index contributed by atoms with van der Waals surface area (Å²) in [5.74, 6) is 2.15. The summed E-state index contributed by atoms with van der Waals surface area (Å²) >= 11 is 5.99. The maximum Gasteiger partial charge on any atom is 0.274 e. The Hall–Kier alpha value is -3.24. The van der Waals surface area contributed by atoms with Gasteiger partial charge in [-0.15, -0.1) is 0 Å². The Labute approximate surface area is 195 Å². The van der Waals surface area contributed by atoms with Crippen LogP contribution < -0.4 is 15.5 Å². The zero-order valence-corrected chi connectivity index (χ0v) is 18.9. The predicted octanol–water partition coefficient (Wildman–Crippen LogP) is 3.46. The van der Waals surface area contributed by atoms with Crippen LogP contribution in [0.1, 0.15) is 53.8 Å². The smallest absolute Gasteiger partial charge is 0.274 e. The van der Waals surface area contributed by atoms with E-state index in [2.05, 4.69) is 30.7 Å². The molecule has 11 heteroatoms. The lowest BCUT2D eigenvalue weighted by atomic mass is 10.2. The lowest BCUT2D eigenvalue weighted by Gasteiger charge is -2.27. The number of amides is 1. The first-order valence-electron chi connectivity index (χ1n) is 10.9. The maximum absolute atomic E-state index is 12.7. The third kappa shape index (κ3) is 5.23. The second-order valence-electron chi connectivity index (χ2n) is 8.13. The molecule has 1 saturated carbocycles. The van der Waals surface area contributed by atoms with Crippen LogP contribution in [0.4, 0.5) is 17.6 Å². The van der Waals surface area contributed by atoms with Crippen LogP contribution in [0.15, 0.2) is 34.9 Å². The van der Waals surface area contributed by atoms with Gasteiger partial charge >= 0.3 is 0 Å². The number of carbonyl (C=O) groups is 1. The molecule has 2 aliphatic rings. The summed E-state index contributed by atoms with van der Waals surface area (Å²) in [6.07, 6.45) is 2.15. The SMILES string of the molecule is C[C@H](NC(=O)c1cc(C2CC2)on1)c1nc(Nc2ccc(Cl)cc2)nc(N2CCOCC2)n1. The van der Waals surface area contributed by atoms with Crippen LogP contribution in [0.2, 0.25) is 5.02 Å². The molecule has 172 valence electrons. The second-order valence-corrected chi connectivity index (χ2v) is 8.57. The average Bonchev–Trinajstić information content (AvgIpc) is 3.57. The van der Waals surface area contributed by atoms with E-state index >= 15 is 0 Å². The number of morpholine rings is 1. The van der Waals surface area contributed by atoms with E-state index in [-0.39, 0.29) is 11.6 Å². The van der Waals surface area contributed by atoms with Crippen molar-refractivity contribution in [2.24, 2.45) is 0 Å². The van der Waals surface area contributed by atoms with E-state index in [1.54, 1.807) is 18.2 Å². The van der Waals surface area contributed by atoms with Gasteiger partial charge in [-0.1, -0.05) is 16.8 Å². The van der Waals surface area contributed by atoms with E-state index in [1.165, 1.54) is 0 Å². The van der Waals surface area contributed by atoms with Crippen LogP contribution in [0.25, 0.3) is 0 Å². The standard InChI is InChI=1S/C22H24ClN7O3/c1-13(24-20(31)17-12-18(33-29-17)14-2-3-14)19-26-21(25-16-6-4-15(23)5-7-16)28-22(27-19)30-8-10-32-11-9-30/h4-7,12-14H,2-3,8-11H2,1H3,(H,24,31)(H,25,26,27,28)/t13-/m0/s1. The zero-order valence-electron chi connectivity index (χ0n) is 18.1. The summed E-state index contributed by atoms with van der Waals surface area (Å²) in [6, 6.07) is 8.48. The second kappa shape index (κ2) is 9.32. The first-order valence-corrected chi connectivity index (χ1v) is 11.3. The third-order valence-electron chi connectivity index (χ3n) is 5.51. The number of carbonyl (C=O) groups excluding carboxylic acids is 1. The third-order valence-corrected chi connectivity index (χ3v) is 5.76. The molecule has 1 amide bonds. The highest BCUT2D eigenvalue weighted by molar-refractivity contribution is 6.30.